The lowest BCUT2D eigenvalue weighted by Crippen LogP contribution is -2.60. The van der Waals surface area contributed by atoms with E-state index in [1.807, 2.05) is 13.8 Å². The Morgan fingerprint density at radius 2 is 1.77 bits per heavy atom. The Bertz CT molecular complexity index is 759. The molecule has 4 aliphatic rings. The van der Waals surface area contributed by atoms with Crippen LogP contribution in [0.3, 0.4) is 0 Å². The number of rotatable bonds is 6. The second-order valence-electron chi connectivity index (χ2n) is 11.9. The van der Waals surface area contributed by atoms with Gasteiger partial charge in [-0.3, -0.25) is 14.4 Å². The number of ketones is 1. The zero-order valence-electron chi connectivity index (χ0n) is 19.7. The van der Waals surface area contributed by atoms with Gasteiger partial charge >= 0.3 is 11.9 Å². The number of carboxylic acid groups (broad SMARTS) is 1. The van der Waals surface area contributed by atoms with Crippen LogP contribution in [-0.4, -0.2) is 29.4 Å². The summed E-state index contributed by atoms with van der Waals surface area (Å²) in [7, 11) is 0. The zero-order valence-corrected chi connectivity index (χ0v) is 19.7. The van der Waals surface area contributed by atoms with Crippen molar-refractivity contribution in [3.8, 4) is 0 Å². The lowest BCUT2D eigenvalue weighted by atomic mass is 9.40. The molecule has 0 aromatic heterocycles. The van der Waals surface area contributed by atoms with Crippen molar-refractivity contribution in [2.75, 3.05) is 6.61 Å². The molecule has 31 heavy (non-hydrogen) atoms. The molecular weight excluding hydrogens is 392 g/mol. The van der Waals surface area contributed by atoms with Gasteiger partial charge in [-0.2, -0.15) is 0 Å². The van der Waals surface area contributed by atoms with Crippen molar-refractivity contribution in [1.29, 1.82) is 0 Å². The minimum atomic E-state index is -0.956. The molecule has 4 rings (SSSR count). The van der Waals surface area contributed by atoms with Gasteiger partial charge in [0.05, 0.1) is 0 Å². The van der Waals surface area contributed by atoms with E-state index in [4.69, 9.17) is 4.74 Å². The molecule has 7 unspecified atom stereocenters. The topological polar surface area (TPSA) is 80.7 Å². The number of carbonyl (C=O) groups is 3. The summed E-state index contributed by atoms with van der Waals surface area (Å²) in [6.07, 6.45) is 9.95. The van der Waals surface area contributed by atoms with E-state index in [-0.39, 0.29) is 29.3 Å². The van der Waals surface area contributed by atoms with E-state index < -0.39 is 17.4 Å². The molecule has 2 bridgehead atoms. The van der Waals surface area contributed by atoms with Gasteiger partial charge in [-0.05, 0) is 85.9 Å². The van der Waals surface area contributed by atoms with Crippen molar-refractivity contribution in [2.24, 2.45) is 45.8 Å². The van der Waals surface area contributed by atoms with Crippen molar-refractivity contribution in [3.63, 3.8) is 0 Å². The lowest BCUT2D eigenvalue weighted by molar-refractivity contribution is -0.195. The van der Waals surface area contributed by atoms with E-state index in [1.54, 1.807) is 0 Å². The Balaban J connectivity index is 1.62. The first-order chi connectivity index (χ1) is 14.5. The number of Topliss-reactive ketones (excluding diaryl/α,β-unsaturated/α-hetero) is 1. The molecule has 0 heterocycles. The largest absolute Gasteiger partial charge is 0.481 e. The van der Waals surface area contributed by atoms with Crippen molar-refractivity contribution in [3.05, 3.63) is 0 Å². The Morgan fingerprint density at radius 1 is 1.03 bits per heavy atom. The summed E-state index contributed by atoms with van der Waals surface area (Å²) < 4.78 is 5.36. The van der Waals surface area contributed by atoms with Gasteiger partial charge in [-0.1, -0.05) is 27.2 Å². The normalized spacial score (nSPS) is 43.8. The van der Waals surface area contributed by atoms with E-state index >= 15 is 0 Å². The molecule has 5 nitrogen and oxygen atoms in total. The third kappa shape index (κ3) is 3.54. The van der Waals surface area contributed by atoms with Crippen LogP contribution in [0.1, 0.15) is 91.9 Å². The summed E-state index contributed by atoms with van der Waals surface area (Å²) in [6, 6.07) is 0. The molecule has 4 saturated carbocycles. The number of hydrogen-bond acceptors (Lipinski definition) is 4. The highest BCUT2D eigenvalue weighted by Gasteiger charge is 2.67. The van der Waals surface area contributed by atoms with E-state index in [9.17, 15) is 19.5 Å². The molecule has 4 fully saturated rings. The van der Waals surface area contributed by atoms with E-state index in [0.717, 1.165) is 44.9 Å². The number of carboxylic acids is 1. The van der Waals surface area contributed by atoms with Crippen LogP contribution in [0.2, 0.25) is 0 Å². The molecule has 1 N–H and O–H groups in total. The predicted molar refractivity (Wildman–Crippen MR) is 117 cm³/mol. The lowest BCUT2D eigenvalue weighted by Gasteiger charge is -2.63. The predicted octanol–water partition coefficient (Wildman–Crippen LogP) is 5.26. The van der Waals surface area contributed by atoms with Crippen LogP contribution in [0.4, 0.5) is 0 Å². The van der Waals surface area contributed by atoms with Crippen LogP contribution in [0.5, 0.6) is 0 Å². The molecule has 0 radical (unpaired) electrons. The fourth-order valence-electron chi connectivity index (χ4n) is 8.85. The molecule has 0 aliphatic heterocycles. The Hall–Kier alpha value is -1.39. The number of esters is 1. The Morgan fingerprint density at radius 3 is 2.42 bits per heavy atom. The highest BCUT2D eigenvalue weighted by Crippen LogP contribution is 2.72. The van der Waals surface area contributed by atoms with Gasteiger partial charge in [0.25, 0.3) is 0 Å². The average molecular weight is 433 g/mol. The maximum Gasteiger partial charge on any atom is 0.313 e. The standard InChI is InChI=1S/C26H40O5/c1-16(2)20(28)12-19-14-25-11-8-22-24(4,21(25)7-6-18(19)13-25)9-5-10-26(22,23(29)30)15-31-17(3)27/h16,18-19,21-22H,5-15H2,1-4H3,(H,29,30). The van der Waals surface area contributed by atoms with Gasteiger partial charge < -0.3 is 9.84 Å². The summed E-state index contributed by atoms with van der Waals surface area (Å²) in [4.78, 5) is 36.7. The molecule has 4 aliphatic carbocycles. The summed E-state index contributed by atoms with van der Waals surface area (Å²) in [5.41, 5.74) is -0.710. The second-order valence-corrected chi connectivity index (χ2v) is 11.9. The number of carbonyl (C=O) groups excluding carboxylic acids is 2. The van der Waals surface area contributed by atoms with Crippen LogP contribution in [0.15, 0.2) is 0 Å². The van der Waals surface area contributed by atoms with E-state index in [2.05, 4.69) is 6.92 Å². The minimum Gasteiger partial charge on any atom is -0.481 e. The van der Waals surface area contributed by atoms with Crippen molar-refractivity contribution in [2.45, 2.75) is 91.9 Å². The Labute approximate surface area is 186 Å². The quantitative estimate of drug-likeness (QED) is 0.579. The maximum absolute atomic E-state index is 12.6. The van der Waals surface area contributed by atoms with Crippen LogP contribution in [0, 0.1) is 45.8 Å². The second kappa shape index (κ2) is 7.88. The molecule has 1 spiro atoms. The van der Waals surface area contributed by atoms with Crippen molar-refractivity contribution in [1.82, 2.24) is 0 Å². The van der Waals surface area contributed by atoms with Gasteiger partial charge in [-0.15, -0.1) is 0 Å². The monoisotopic (exact) mass is 432 g/mol. The molecule has 0 amide bonds. The fraction of sp³-hybridized carbons (Fsp3) is 0.885. The smallest absolute Gasteiger partial charge is 0.313 e. The van der Waals surface area contributed by atoms with Gasteiger partial charge in [0.15, 0.2) is 0 Å². The third-order valence-electron chi connectivity index (χ3n) is 10.2. The van der Waals surface area contributed by atoms with Crippen LogP contribution >= 0.6 is 0 Å². The first-order valence-electron chi connectivity index (χ1n) is 12.4. The van der Waals surface area contributed by atoms with Crippen LogP contribution in [-0.2, 0) is 19.1 Å². The molecule has 174 valence electrons. The maximum atomic E-state index is 12.6. The van der Waals surface area contributed by atoms with E-state index in [0.29, 0.717) is 30.0 Å². The fourth-order valence-corrected chi connectivity index (χ4v) is 8.85. The molecule has 0 saturated heterocycles. The van der Waals surface area contributed by atoms with Gasteiger partial charge in [0.2, 0.25) is 0 Å². The van der Waals surface area contributed by atoms with E-state index in [1.165, 1.54) is 19.8 Å². The molecule has 5 heteroatoms. The van der Waals surface area contributed by atoms with Crippen LogP contribution < -0.4 is 0 Å². The number of ether oxygens (including phenoxy) is 1. The van der Waals surface area contributed by atoms with Gasteiger partial charge in [0.1, 0.15) is 17.8 Å². The number of hydrogen-bond donors (Lipinski definition) is 1. The van der Waals surface area contributed by atoms with Gasteiger partial charge in [0, 0.05) is 19.3 Å². The first-order valence-corrected chi connectivity index (χ1v) is 12.4. The summed E-state index contributed by atoms with van der Waals surface area (Å²) in [6.45, 7) is 7.74. The zero-order chi connectivity index (χ0) is 22.6. The molecular formula is C26H40O5. The first kappa shape index (κ1) is 22.8. The average Bonchev–Trinajstić information content (AvgIpc) is 2.94. The third-order valence-corrected chi connectivity index (χ3v) is 10.2. The summed E-state index contributed by atoms with van der Waals surface area (Å²) >= 11 is 0. The number of aliphatic carboxylic acids is 1. The SMILES string of the molecule is CC(=O)OCC1(C(=O)O)CCCC2(C)C3CCC4CC3(CCC12)CC4CC(=O)C(C)C. The highest BCUT2D eigenvalue weighted by molar-refractivity contribution is 5.80. The number of fused-ring (bicyclic) bond motifs is 3. The van der Waals surface area contributed by atoms with Crippen LogP contribution in [0.25, 0.3) is 0 Å². The minimum absolute atomic E-state index is 0.00574. The highest BCUT2D eigenvalue weighted by atomic mass is 16.5. The van der Waals surface area contributed by atoms with Crippen molar-refractivity contribution >= 4 is 17.7 Å². The Kier molecular flexibility index (Phi) is 5.79. The van der Waals surface area contributed by atoms with Gasteiger partial charge in [-0.25, -0.2) is 0 Å². The molecule has 7 atom stereocenters. The van der Waals surface area contributed by atoms with Crippen molar-refractivity contribution < 1.29 is 24.2 Å². The summed E-state index contributed by atoms with van der Waals surface area (Å²) in [5.74, 6) is 1.06. The molecule has 0 aromatic rings. The summed E-state index contributed by atoms with van der Waals surface area (Å²) in [5, 5.41) is 10.3. The molecule has 0 aromatic carbocycles.